The largest absolute Gasteiger partial charge is 0.368 e. The van der Waals surface area contributed by atoms with Crippen LogP contribution in [0.4, 0.5) is 5.69 Å². The van der Waals surface area contributed by atoms with E-state index in [9.17, 15) is 14.4 Å². The summed E-state index contributed by atoms with van der Waals surface area (Å²) in [6.07, 6.45) is 1.63. The number of carbonyl (C=O) groups excluding carboxylic acids is 1. The lowest BCUT2D eigenvalue weighted by atomic mass is 10.2. The molecule has 1 N–H and O–H groups in total. The fourth-order valence-corrected chi connectivity index (χ4v) is 4.32. The van der Waals surface area contributed by atoms with Crippen LogP contribution in [0.15, 0.2) is 76.4 Å². The predicted molar refractivity (Wildman–Crippen MR) is 124 cm³/mol. The number of hydrogen-bond donors (Lipinski definition) is 1. The van der Waals surface area contributed by atoms with Gasteiger partial charge in [0.15, 0.2) is 0 Å². The highest BCUT2D eigenvalue weighted by molar-refractivity contribution is 6.05. The molecule has 0 atom stereocenters. The number of aryl methyl sites for hydroxylation is 1. The van der Waals surface area contributed by atoms with E-state index in [1.54, 1.807) is 47.0 Å². The average molecular weight is 429 g/mol. The number of piperazine rings is 1. The molecule has 8 heteroatoms. The number of carbonyl (C=O) groups is 1. The number of para-hydroxylation sites is 2. The Morgan fingerprint density at radius 2 is 1.44 bits per heavy atom. The van der Waals surface area contributed by atoms with Crippen molar-refractivity contribution in [2.45, 2.75) is 0 Å². The summed E-state index contributed by atoms with van der Waals surface area (Å²) in [5, 5.41) is 0. The molecular formula is C24H23N5O3. The van der Waals surface area contributed by atoms with Crippen molar-refractivity contribution >= 4 is 22.6 Å². The van der Waals surface area contributed by atoms with Gasteiger partial charge < -0.3 is 19.4 Å². The molecule has 5 rings (SSSR count). The average Bonchev–Trinajstić information content (AvgIpc) is 3.16. The molecule has 1 fully saturated rings. The molecule has 0 radical (unpaired) electrons. The highest BCUT2D eigenvalue weighted by atomic mass is 16.2. The van der Waals surface area contributed by atoms with Crippen molar-refractivity contribution in [3.63, 3.8) is 0 Å². The van der Waals surface area contributed by atoms with Crippen molar-refractivity contribution in [1.82, 2.24) is 19.0 Å². The van der Waals surface area contributed by atoms with Crippen molar-refractivity contribution in [1.29, 1.82) is 0 Å². The summed E-state index contributed by atoms with van der Waals surface area (Å²) in [6, 6.07) is 18.8. The number of nitrogens with zero attached hydrogens (tertiary/aromatic N) is 4. The molecule has 0 aliphatic carbocycles. The molecule has 1 aliphatic heterocycles. The second-order valence-electron chi connectivity index (χ2n) is 7.90. The van der Waals surface area contributed by atoms with Gasteiger partial charge in [-0.15, -0.1) is 0 Å². The Bertz CT molecular complexity index is 1390. The van der Waals surface area contributed by atoms with Crippen LogP contribution in [-0.4, -0.2) is 51.1 Å². The lowest BCUT2D eigenvalue weighted by molar-refractivity contribution is 0.0748. The molecular weight excluding hydrogens is 406 g/mol. The van der Waals surface area contributed by atoms with E-state index in [1.165, 1.54) is 0 Å². The van der Waals surface area contributed by atoms with Crippen LogP contribution in [-0.2, 0) is 7.05 Å². The number of H-pyrrole nitrogens is 1. The van der Waals surface area contributed by atoms with Gasteiger partial charge in [0.1, 0.15) is 5.52 Å². The molecule has 8 nitrogen and oxygen atoms in total. The van der Waals surface area contributed by atoms with Crippen molar-refractivity contribution < 1.29 is 4.79 Å². The number of nitrogens with one attached hydrogen (secondary N) is 1. The van der Waals surface area contributed by atoms with Crippen LogP contribution in [0.2, 0.25) is 0 Å². The smallest absolute Gasteiger partial charge is 0.333 e. The van der Waals surface area contributed by atoms with E-state index in [4.69, 9.17) is 0 Å². The van der Waals surface area contributed by atoms with Crippen molar-refractivity contribution in [3.05, 3.63) is 93.3 Å². The van der Waals surface area contributed by atoms with Crippen molar-refractivity contribution in [2.24, 2.45) is 7.05 Å². The van der Waals surface area contributed by atoms with E-state index in [1.807, 2.05) is 24.3 Å². The Hall–Kier alpha value is -4.07. The van der Waals surface area contributed by atoms with E-state index < -0.39 is 11.2 Å². The van der Waals surface area contributed by atoms with Gasteiger partial charge >= 0.3 is 5.69 Å². The van der Waals surface area contributed by atoms with Crippen LogP contribution in [0.3, 0.4) is 0 Å². The van der Waals surface area contributed by atoms with Crippen LogP contribution in [0.5, 0.6) is 0 Å². The maximum absolute atomic E-state index is 13.3. The molecule has 3 heterocycles. The van der Waals surface area contributed by atoms with Gasteiger partial charge in [0.05, 0.1) is 16.8 Å². The Morgan fingerprint density at radius 3 is 2.06 bits per heavy atom. The van der Waals surface area contributed by atoms with Gasteiger partial charge in [0, 0.05) is 45.1 Å². The van der Waals surface area contributed by atoms with Gasteiger partial charge in [0.25, 0.3) is 11.5 Å². The Kier molecular flexibility index (Phi) is 4.89. The van der Waals surface area contributed by atoms with E-state index in [0.29, 0.717) is 29.9 Å². The molecule has 32 heavy (non-hydrogen) atoms. The van der Waals surface area contributed by atoms with Gasteiger partial charge in [0.2, 0.25) is 0 Å². The first kappa shape index (κ1) is 19.9. The topological polar surface area (TPSA) is 83.3 Å². The molecule has 2 aromatic heterocycles. The van der Waals surface area contributed by atoms with Crippen molar-refractivity contribution in [3.8, 4) is 5.69 Å². The van der Waals surface area contributed by atoms with Crippen LogP contribution in [0.1, 0.15) is 10.4 Å². The Morgan fingerprint density at radius 1 is 0.844 bits per heavy atom. The zero-order valence-corrected chi connectivity index (χ0v) is 17.7. The van der Waals surface area contributed by atoms with Crippen LogP contribution >= 0.6 is 0 Å². The fraction of sp³-hybridized carbons (Fsp3) is 0.208. The third-order valence-electron chi connectivity index (χ3n) is 5.96. The molecule has 0 saturated carbocycles. The highest BCUT2D eigenvalue weighted by Gasteiger charge is 2.26. The van der Waals surface area contributed by atoms with Gasteiger partial charge in [-0.3, -0.25) is 9.59 Å². The molecule has 0 bridgehead atoms. The molecule has 1 aliphatic rings. The third-order valence-corrected chi connectivity index (χ3v) is 5.96. The maximum atomic E-state index is 13.3. The number of benzene rings is 2. The number of rotatable bonds is 3. The fourth-order valence-electron chi connectivity index (χ4n) is 4.32. The minimum absolute atomic E-state index is 0.184. The third kappa shape index (κ3) is 3.30. The van der Waals surface area contributed by atoms with Gasteiger partial charge in [-0.05, 0) is 24.3 Å². The van der Waals surface area contributed by atoms with Crippen LogP contribution < -0.4 is 16.1 Å². The standard InChI is InChI=1S/C24H23N5O3/c1-26-16-19(22(30)28-14-12-27(13-15-28)17-8-4-2-5-9-17)20-21(26)23(31)29(24(32)25-20)18-10-6-3-7-11-18/h2-11,16H,12-15H2,1H3,(H,25,32). The minimum Gasteiger partial charge on any atom is -0.368 e. The molecule has 1 amide bonds. The number of aromatic amines is 1. The summed E-state index contributed by atoms with van der Waals surface area (Å²) in [5.74, 6) is -0.184. The first-order valence-corrected chi connectivity index (χ1v) is 10.5. The second kappa shape index (κ2) is 7.88. The lowest BCUT2D eigenvalue weighted by Crippen LogP contribution is -2.48. The summed E-state index contributed by atoms with van der Waals surface area (Å²) >= 11 is 0. The zero-order chi connectivity index (χ0) is 22.2. The molecule has 0 spiro atoms. The number of amides is 1. The first-order chi connectivity index (χ1) is 15.5. The number of fused-ring (bicyclic) bond motifs is 1. The molecule has 4 aromatic rings. The Labute approximate surface area is 183 Å². The molecule has 2 aromatic carbocycles. The monoisotopic (exact) mass is 429 g/mol. The van der Waals surface area contributed by atoms with Crippen LogP contribution in [0.25, 0.3) is 16.7 Å². The zero-order valence-electron chi connectivity index (χ0n) is 17.7. The molecule has 1 saturated heterocycles. The minimum atomic E-state index is -0.567. The van der Waals surface area contributed by atoms with E-state index in [0.717, 1.165) is 23.3 Å². The summed E-state index contributed by atoms with van der Waals surface area (Å²) in [6.45, 7) is 2.57. The van der Waals surface area contributed by atoms with Crippen molar-refractivity contribution in [2.75, 3.05) is 31.1 Å². The van der Waals surface area contributed by atoms with E-state index in [2.05, 4.69) is 22.0 Å². The maximum Gasteiger partial charge on any atom is 0.333 e. The number of hydrogen-bond acceptors (Lipinski definition) is 4. The quantitative estimate of drug-likeness (QED) is 0.540. The van der Waals surface area contributed by atoms with Crippen LogP contribution in [0, 0.1) is 0 Å². The lowest BCUT2D eigenvalue weighted by Gasteiger charge is -2.36. The second-order valence-corrected chi connectivity index (χ2v) is 7.90. The molecule has 162 valence electrons. The molecule has 0 unspecified atom stereocenters. The summed E-state index contributed by atoms with van der Waals surface area (Å²) in [7, 11) is 1.71. The van der Waals surface area contributed by atoms with E-state index in [-0.39, 0.29) is 11.4 Å². The summed E-state index contributed by atoms with van der Waals surface area (Å²) in [5.41, 5.74) is 1.51. The van der Waals surface area contributed by atoms with Gasteiger partial charge in [-0.25, -0.2) is 9.36 Å². The highest BCUT2D eigenvalue weighted by Crippen LogP contribution is 2.20. The number of aromatic nitrogens is 3. The first-order valence-electron chi connectivity index (χ1n) is 10.5. The predicted octanol–water partition coefficient (Wildman–Crippen LogP) is 1.98. The summed E-state index contributed by atoms with van der Waals surface area (Å²) < 4.78 is 2.70. The number of anilines is 1. The van der Waals surface area contributed by atoms with Gasteiger partial charge in [-0.1, -0.05) is 36.4 Å². The summed E-state index contributed by atoms with van der Waals surface area (Å²) in [4.78, 5) is 46.1. The van der Waals surface area contributed by atoms with Gasteiger partial charge in [-0.2, -0.15) is 0 Å². The Balaban J connectivity index is 1.47. The normalized spacial score (nSPS) is 14.2. The van der Waals surface area contributed by atoms with E-state index >= 15 is 0 Å². The SMILES string of the molecule is Cn1cc(C(=O)N2CCN(c3ccccc3)CC2)c2[nH]c(=O)n(-c3ccccc3)c(=O)c21.